The highest BCUT2D eigenvalue weighted by Crippen LogP contribution is 2.22. The number of anilines is 1. The third-order valence-corrected chi connectivity index (χ3v) is 4.31. The summed E-state index contributed by atoms with van der Waals surface area (Å²) in [6.45, 7) is 1.86. The number of hydrogen-bond acceptors (Lipinski definition) is 3. The van der Waals surface area contributed by atoms with Crippen molar-refractivity contribution in [2.24, 2.45) is 0 Å². The van der Waals surface area contributed by atoms with Gasteiger partial charge in [0.2, 0.25) is 10.0 Å². The number of terminal acetylenes is 1. The summed E-state index contributed by atoms with van der Waals surface area (Å²) in [6, 6.07) is 3.91. The predicted octanol–water partition coefficient (Wildman–Crippen LogP) is 2.00. The van der Waals surface area contributed by atoms with Crippen LogP contribution in [-0.2, 0) is 10.0 Å². The van der Waals surface area contributed by atoms with Gasteiger partial charge in [-0.2, -0.15) is 0 Å². The third kappa shape index (κ3) is 3.64. The van der Waals surface area contributed by atoms with Crippen LogP contribution in [0.5, 0.6) is 0 Å². The van der Waals surface area contributed by atoms with Crippen molar-refractivity contribution in [3.63, 3.8) is 0 Å². The number of nitrogens with one attached hydrogen (secondary N) is 1. The van der Waals surface area contributed by atoms with Crippen molar-refractivity contribution >= 4 is 27.3 Å². The first-order valence-electron chi connectivity index (χ1n) is 5.41. The predicted molar refractivity (Wildman–Crippen MR) is 73.7 cm³/mol. The van der Waals surface area contributed by atoms with Gasteiger partial charge in [0.1, 0.15) is 0 Å². The summed E-state index contributed by atoms with van der Waals surface area (Å²) in [6.07, 6.45) is 6.15. The molecule has 0 aliphatic carbocycles. The minimum atomic E-state index is -3.62. The zero-order chi connectivity index (χ0) is 13.8. The van der Waals surface area contributed by atoms with Gasteiger partial charge in [0.15, 0.2) is 0 Å². The molecule has 0 aromatic heterocycles. The molecule has 18 heavy (non-hydrogen) atoms. The van der Waals surface area contributed by atoms with Crippen LogP contribution in [0, 0.1) is 12.3 Å². The van der Waals surface area contributed by atoms with Crippen molar-refractivity contribution in [2.45, 2.75) is 30.7 Å². The van der Waals surface area contributed by atoms with Gasteiger partial charge in [-0.15, -0.1) is 12.3 Å². The first-order valence-corrected chi connectivity index (χ1v) is 7.27. The van der Waals surface area contributed by atoms with Crippen LogP contribution in [0.25, 0.3) is 0 Å². The Morgan fingerprint density at radius 2 is 2.22 bits per heavy atom. The van der Waals surface area contributed by atoms with Crippen LogP contribution in [0.4, 0.5) is 5.69 Å². The van der Waals surface area contributed by atoms with Gasteiger partial charge in [-0.3, -0.25) is 0 Å². The van der Waals surface area contributed by atoms with E-state index in [4.69, 9.17) is 23.8 Å². The van der Waals surface area contributed by atoms with E-state index in [-0.39, 0.29) is 16.0 Å². The maximum Gasteiger partial charge on any atom is 0.240 e. The molecule has 4 nitrogen and oxygen atoms in total. The summed E-state index contributed by atoms with van der Waals surface area (Å²) < 4.78 is 26.7. The standard InChI is InChI=1S/C12H15ClN2O2S/c1-3-5-9(4-2)15-18(16,17)10-6-7-12(14)11(13)8-10/h1,6-9,15H,4-5,14H2,2H3. The summed E-state index contributed by atoms with van der Waals surface area (Å²) in [4.78, 5) is 0.0807. The van der Waals surface area contributed by atoms with Crippen molar-refractivity contribution < 1.29 is 8.42 Å². The lowest BCUT2D eigenvalue weighted by molar-refractivity contribution is 0.544. The summed E-state index contributed by atoms with van der Waals surface area (Å²) in [5.41, 5.74) is 5.87. The van der Waals surface area contributed by atoms with E-state index in [9.17, 15) is 8.42 Å². The van der Waals surface area contributed by atoms with Crippen LogP contribution >= 0.6 is 11.6 Å². The summed E-state index contributed by atoms with van der Waals surface area (Å²) in [5, 5.41) is 0.211. The molecule has 1 unspecified atom stereocenters. The molecule has 1 aromatic rings. The summed E-state index contributed by atoms with van der Waals surface area (Å²) >= 11 is 5.80. The molecule has 1 aromatic carbocycles. The number of nitrogen functional groups attached to an aromatic ring is 1. The van der Waals surface area contributed by atoms with E-state index in [2.05, 4.69) is 10.6 Å². The number of nitrogens with two attached hydrogens (primary N) is 1. The maximum absolute atomic E-state index is 12.1. The fourth-order valence-electron chi connectivity index (χ4n) is 1.37. The highest BCUT2D eigenvalue weighted by Gasteiger charge is 2.19. The molecule has 0 saturated carbocycles. The van der Waals surface area contributed by atoms with Gasteiger partial charge in [0, 0.05) is 12.5 Å². The first-order chi connectivity index (χ1) is 8.40. The number of benzene rings is 1. The summed E-state index contributed by atoms with van der Waals surface area (Å²) in [5.74, 6) is 2.44. The van der Waals surface area contributed by atoms with E-state index in [0.29, 0.717) is 18.5 Å². The van der Waals surface area contributed by atoms with Crippen LogP contribution in [0.1, 0.15) is 19.8 Å². The van der Waals surface area contributed by atoms with Gasteiger partial charge in [0.05, 0.1) is 15.6 Å². The molecule has 0 heterocycles. The molecule has 1 rings (SSSR count). The van der Waals surface area contributed by atoms with Gasteiger partial charge in [-0.1, -0.05) is 18.5 Å². The van der Waals surface area contributed by atoms with Crippen molar-refractivity contribution in [1.29, 1.82) is 0 Å². The Bertz CT molecular complexity index is 564. The average Bonchev–Trinajstić information content (AvgIpc) is 2.31. The molecule has 0 amide bonds. The minimum Gasteiger partial charge on any atom is -0.398 e. The number of halogens is 1. The Morgan fingerprint density at radius 1 is 1.56 bits per heavy atom. The zero-order valence-electron chi connectivity index (χ0n) is 9.98. The quantitative estimate of drug-likeness (QED) is 0.642. The normalized spacial score (nSPS) is 12.9. The molecule has 6 heteroatoms. The van der Waals surface area contributed by atoms with E-state index in [1.165, 1.54) is 18.2 Å². The van der Waals surface area contributed by atoms with Gasteiger partial charge in [-0.05, 0) is 24.6 Å². The van der Waals surface area contributed by atoms with E-state index >= 15 is 0 Å². The van der Waals surface area contributed by atoms with Gasteiger partial charge < -0.3 is 5.73 Å². The van der Waals surface area contributed by atoms with Crippen LogP contribution in [0.15, 0.2) is 23.1 Å². The molecule has 0 aliphatic heterocycles. The molecular weight excluding hydrogens is 272 g/mol. The van der Waals surface area contributed by atoms with Crippen molar-refractivity contribution in [2.75, 3.05) is 5.73 Å². The Hall–Kier alpha value is -1.22. The molecule has 0 saturated heterocycles. The van der Waals surface area contributed by atoms with Crippen LogP contribution in [-0.4, -0.2) is 14.5 Å². The van der Waals surface area contributed by atoms with Crippen LogP contribution in [0.2, 0.25) is 5.02 Å². The van der Waals surface area contributed by atoms with Crippen LogP contribution in [0.3, 0.4) is 0 Å². The molecule has 98 valence electrons. The third-order valence-electron chi connectivity index (χ3n) is 2.46. The minimum absolute atomic E-state index is 0.0807. The Kier molecular flexibility index (Phi) is 5.03. The monoisotopic (exact) mass is 286 g/mol. The fourth-order valence-corrected chi connectivity index (χ4v) is 2.96. The van der Waals surface area contributed by atoms with Crippen molar-refractivity contribution in [3.8, 4) is 12.3 Å². The molecular formula is C12H15ClN2O2S. The molecule has 0 aliphatic rings. The van der Waals surface area contributed by atoms with E-state index < -0.39 is 10.0 Å². The second kappa shape index (κ2) is 6.10. The zero-order valence-corrected chi connectivity index (χ0v) is 11.6. The highest BCUT2D eigenvalue weighted by molar-refractivity contribution is 7.89. The molecule has 0 radical (unpaired) electrons. The smallest absolute Gasteiger partial charge is 0.240 e. The number of hydrogen-bond donors (Lipinski definition) is 2. The lowest BCUT2D eigenvalue weighted by atomic mass is 10.2. The lowest BCUT2D eigenvalue weighted by Crippen LogP contribution is -2.34. The SMILES string of the molecule is C#CCC(CC)NS(=O)(=O)c1ccc(N)c(Cl)c1. The second-order valence-electron chi connectivity index (χ2n) is 3.82. The van der Waals surface area contributed by atoms with Gasteiger partial charge in [-0.25, -0.2) is 13.1 Å². The number of rotatable bonds is 5. The second-order valence-corrected chi connectivity index (χ2v) is 5.94. The maximum atomic E-state index is 12.1. The molecule has 0 spiro atoms. The fraction of sp³-hybridized carbons (Fsp3) is 0.333. The molecule has 1 atom stereocenters. The largest absolute Gasteiger partial charge is 0.398 e. The van der Waals surface area contributed by atoms with Crippen molar-refractivity contribution in [3.05, 3.63) is 23.2 Å². The van der Waals surface area contributed by atoms with E-state index in [1.54, 1.807) is 0 Å². The van der Waals surface area contributed by atoms with E-state index in [1.807, 2.05) is 6.92 Å². The van der Waals surface area contributed by atoms with Crippen LogP contribution < -0.4 is 10.5 Å². The lowest BCUT2D eigenvalue weighted by Gasteiger charge is -2.14. The molecule has 0 fully saturated rings. The number of sulfonamides is 1. The first kappa shape index (κ1) is 14.8. The summed E-state index contributed by atoms with van der Waals surface area (Å²) in [7, 11) is -3.62. The molecule has 3 N–H and O–H groups in total. The van der Waals surface area contributed by atoms with Gasteiger partial charge >= 0.3 is 0 Å². The Labute approximate surface area is 113 Å². The average molecular weight is 287 g/mol. The van der Waals surface area contributed by atoms with Crippen molar-refractivity contribution in [1.82, 2.24) is 4.72 Å². The topological polar surface area (TPSA) is 72.2 Å². The highest BCUT2D eigenvalue weighted by atomic mass is 35.5. The Balaban J connectivity index is 2.99. The van der Waals surface area contributed by atoms with E-state index in [0.717, 1.165) is 0 Å². The molecule has 0 bridgehead atoms. The van der Waals surface area contributed by atoms with Gasteiger partial charge in [0.25, 0.3) is 0 Å². The Morgan fingerprint density at radius 3 is 2.72 bits per heavy atom.